The average Bonchev–Trinajstić information content (AvgIpc) is 2.65. The molecule has 1 aliphatic carbocycles. The summed E-state index contributed by atoms with van der Waals surface area (Å²) >= 11 is 0. The van der Waals surface area contributed by atoms with E-state index < -0.39 is 0 Å². The topological polar surface area (TPSA) is 41.6 Å². The van der Waals surface area contributed by atoms with Crippen molar-refractivity contribution in [3.05, 3.63) is 35.9 Å². The van der Waals surface area contributed by atoms with Crippen molar-refractivity contribution in [2.24, 2.45) is 5.92 Å². The summed E-state index contributed by atoms with van der Waals surface area (Å²) in [5.74, 6) is 0.710. The van der Waals surface area contributed by atoms with E-state index in [-0.39, 0.29) is 11.8 Å². The zero-order chi connectivity index (χ0) is 16.6. The van der Waals surface area contributed by atoms with Crippen LogP contribution in [0, 0.1) is 5.92 Å². The zero-order valence-electron chi connectivity index (χ0n) is 14.6. The molecule has 4 heteroatoms. The summed E-state index contributed by atoms with van der Waals surface area (Å²) in [4.78, 5) is 15.3. The number of ether oxygens (including phenoxy) is 1. The molecule has 0 spiro atoms. The summed E-state index contributed by atoms with van der Waals surface area (Å²) in [6.45, 7) is 5.21. The molecule has 1 aliphatic heterocycles. The maximum atomic E-state index is 12.9. The molecule has 1 heterocycles. The monoisotopic (exact) mass is 330 g/mol. The van der Waals surface area contributed by atoms with Crippen LogP contribution in [0.5, 0.6) is 0 Å². The van der Waals surface area contributed by atoms with Gasteiger partial charge >= 0.3 is 0 Å². The maximum Gasteiger partial charge on any atom is 0.227 e. The molecule has 2 fully saturated rings. The molecule has 1 amide bonds. The summed E-state index contributed by atoms with van der Waals surface area (Å²) in [6, 6.07) is 10.3. The first kappa shape index (κ1) is 17.4. The van der Waals surface area contributed by atoms with E-state index >= 15 is 0 Å². The third-order valence-corrected chi connectivity index (χ3v) is 5.39. The van der Waals surface area contributed by atoms with Gasteiger partial charge in [0.25, 0.3) is 0 Å². The van der Waals surface area contributed by atoms with Gasteiger partial charge in [0.15, 0.2) is 0 Å². The fourth-order valence-corrected chi connectivity index (χ4v) is 4.04. The third kappa shape index (κ3) is 4.81. The van der Waals surface area contributed by atoms with Gasteiger partial charge in [0.05, 0.1) is 19.1 Å². The molecule has 1 aromatic carbocycles. The van der Waals surface area contributed by atoms with Crippen molar-refractivity contribution in [2.75, 3.05) is 39.4 Å². The molecule has 3 rings (SSSR count). The van der Waals surface area contributed by atoms with Crippen LogP contribution in [0.2, 0.25) is 0 Å². The minimum Gasteiger partial charge on any atom is -0.379 e. The molecule has 0 bridgehead atoms. The molecule has 0 radical (unpaired) electrons. The van der Waals surface area contributed by atoms with Crippen molar-refractivity contribution in [1.82, 2.24) is 10.2 Å². The first-order chi connectivity index (χ1) is 11.8. The molecule has 1 saturated carbocycles. The van der Waals surface area contributed by atoms with Crippen LogP contribution in [0.4, 0.5) is 0 Å². The number of morpholine rings is 1. The molecule has 2 aliphatic rings. The quantitative estimate of drug-likeness (QED) is 0.872. The predicted molar refractivity (Wildman–Crippen MR) is 96.0 cm³/mol. The fraction of sp³-hybridized carbons (Fsp3) is 0.650. The fourth-order valence-electron chi connectivity index (χ4n) is 4.04. The Morgan fingerprint density at radius 3 is 2.54 bits per heavy atom. The van der Waals surface area contributed by atoms with Crippen molar-refractivity contribution in [3.8, 4) is 0 Å². The van der Waals surface area contributed by atoms with Crippen LogP contribution in [-0.4, -0.2) is 50.2 Å². The van der Waals surface area contributed by atoms with Gasteiger partial charge in [0, 0.05) is 26.2 Å². The lowest BCUT2D eigenvalue weighted by molar-refractivity contribution is -0.124. The smallest absolute Gasteiger partial charge is 0.227 e. The van der Waals surface area contributed by atoms with Crippen molar-refractivity contribution < 1.29 is 9.53 Å². The van der Waals surface area contributed by atoms with Crippen LogP contribution in [0.25, 0.3) is 0 Å². The molecule has 1 saturated heterocycles. The molecule has 1 unspecified atom stereocenters. The Morgan fingerprint density at radius 1 is 1.12 bits per heavy atom. The lowest BCUT2D eigenvalue weighted by Crippen LogP contribution is -2.43. The SMILES string of the molecule is O=C(NCCN1CCOCC1)C(c1ccccc1)C1CCCCC1. The Bertz CT molecular complexity index is 494. The number of amides is 1. The molecule has 4 nitrogen and oxygen atoms in total. The number of nitrogens with zero attached hydrogens (tertiary/aromatic N) is 1. The molecule has 0 aromatic heterocycles. The van der Waals surface area contributed by atoms with Gasteiger partial charge in [-0.15, -0.1) is 0 Å². The first-order valence-corrected chi connectivity index (χ1v) is 9.47. The highest BCUT2D eigenvalue weighted by atomic mass is 16.5. The summed E-state index contributed by atoms with van der Waals surface area (Å²) < 4.78 is 5.37. The summed E-state index contributed by atoms with van der Waals surface area (Å²) in [5.41, 5.74) is 1.17. The summed E-state index contributed by atoms with van der Waals surface area (Å²) in [7, 11) is 0. The third-order valence-electron chi connectivity index (χ3n) is 5.39. The number of hydrogen-bond acceptors (Lipinski definition) is 3. The van der Waals surface area contributed by atoms with Crippen molar-refractivity contribution in [1.29, 1.82) is 0 Å². The molecular weight excluding hydrogens is 300 g/mol. The van der Waals surface area contributed by atoms with Crippen LogP contribution in [0.15, 0.2) is 30.3 Å². The van der Waals surface area contributed by atoms with Gasteiger partial charge < -0.3 is 10.1 Å². The van der Waals surface area contributed by atoms with E-state index in [1.165, 1.54) is 37.7 Å². The Labute approximate surface area is 145 Å². The van der Waals surface area contributed by atoms with Gasteiger partial charge in [-0.3, -0.25) is 9.69 Å². The second-order valence-corrected chi connectivity index (χ2v) is 7.03. The number of carbonyl (C=O) groups is 1. The van der Waals surface area contributed by atoms with Gasteiger partial charge in [-0.05, 0) is 24.3 Å². The van der Waals surface area contributed by atoms with Crippen molar-refractivity contribution >= 4 is 5.91 Å². The first-order valence-electron chi connectivity index (χ1n) is 9.47. The number of nitrogens with one attached hydrogen (secondary N) is 1. The maximum absolute atomic E-state index is 12.9. The minimum absolute atomic E-state index is 0.0104. The number of rotatable bonds is 6. The normalized spacial score (nSPS) is 21.3. The van der Waals surface area contributed by atoms with Gasteiger partial charge in [-0.2, -0.15) is 0 Å². The molecule has 24 heavy (non-hydrogen) atoms. The second-order valence-electron chi connectivity index (χ2n) is 7.03. The number of hydrogen-bond donors (Lipinski definition) is 1. The van der Waals surface area contributed by atoms with Gasteiger partial charge in [0.2, 0.25) is 5.91 Å². The molecule has 132 valence electrons. The molecule has 1 N–H and O–H groups in total. The van der Waals surface area contributed by atoms with E-state index in [4.69, 9.17) is 4.74 Å². The van der Waals surface area contributed by atoms with E-state index in [0.29, 0.717) is 5.92 Å². The molecule has 1 atom stereocenters. The van der Waals surface area contributed by atoms with Gasteiger partial charge in [-0.1, -0.05) is 49.6 Å². The highest BCUT2D eigenvalue weighted by Crippen LogP contribution is 2.36. The highest BCUT2D eigenvalue weighted by Gasteiger charge is 2.30. The Balaban J connectivity index is 1.58. The standard InChI is InChI=1S/C20H30N2O2/c23-20(21-11-12-22-13-15-24-16-14-22)19(17-7-3-1-4-8-17)18-9-5-2-6-10-18/h1,3-4,7-8,18-19H,2,5-6,9-16H2,(H,21,23). The predicted octanol–water partition coefficient (Wildman–Crippen LogP) is 2.80. The molecular formula is C20H30N2O2. The summed E-state index contributed by atoms with van der Waals surface area (Å²) in [6.07, 6.45) is 6.19. The minimum atomic E-state index is 0.0104. The van der Waals surface area contributed by atoms with Crippen LogP contribution >= 0.6 is 0 Å². The van der Waals surface area contributed by atoms with E-state index in [1.54, 1.807) is 0 Å². The van der Waals surface area contributed by atoms with E-state index in [9.17, 15) is 4.79 Å². The van der Waals surface area contributed by atoms with Crippen LogP contribution < -0.4 is 5.32 Å². The lowest BCUT2D eigenvalue weighted by atomic mass is 9.76. The Kier molecular flexibility index (Phi) is 6.67. The second kappa shape index (κ2) is 9.19. The number of benzene rings is 1. The average molecular weight is 330 g/mol. The van der Waals surface area contributed by atoms with Gasteiger partial charge in [0.1, 0.15) is 0 Å². The largest absolute Gasteiger partial charge is 0.379 e. The lowest BCUT2D eigenvalue weighted by Gasteiger charge is -2.30. The van der Waals surface area contributed by atoms with E-state index in [0.717, 1.165) is 39.4 Å². The summed E-state index contributed by atoms with van der Waals surface area (Å²) in [5, 5.41) is 3.20. The Hall–Kier alpha value is -1.39. The van der Waals surface area contributed by atoms with E-state index in [1.807, 2.05) is 18.2 Å². The van der Waals surface area contributed by atoms with E-state index in [2.05, 4.69) is 22.3 Å². The van der Waals surface area contributed by atoms with Crippen molar-refractivity contribution in [2.45, 2.75) is 38.0 Å². The van der Waals surface area contributed by atoms with Gasteiger partial charge in [-0.25, -0.2) is 0 Å². The molecule has 1 aromatic rings. The Morgan fingerprint density at radius 2 is 1.83 bits per heavy atom. The zero-order valence-corrected chi connectivity index (χ0v) is 14.6. The number of carbonyl (C=O) groups excluding carboxylic acids is 1. The van der Waals surface area contributed by atoms with Crippen LogP contribution in [0.1, 0.15) is 43.6 Å². The van der Waals surface area contributed by atoms with Crippen molar-refractivity contribution in [3.63, 3.8) is 0 Å². The van der Waals surface area contributed by atoms with Crippen LogP contribution in [-0.2, 0) is 9.53 Å². The highest BCUT2D eigenvalue weighted by molar-refractivity contribution is 5.84. The van der Waals surface area contributed by atoms with Crippen LogP contribution in [0.3, 0.4) is 0 Å².